The molecule has 138 valence electrons. The van der Waals surface area contributed by atoms with E-state index in [9.17, 15) is 14.4 Å². The van der Waals surface area contributed by atoms with E-state index in [0.29, 0.717) is 24.4 Å². The zero-order valence-electron chi connectivity index (χ0n) is 14.6. The highest BCUT2D eigenvalue weighted by molar-refractivity contribution is 7.14. The van der Waals surface area contributed by atoms with Gasteiger partial charge in [0.2, 0.25) is 11.7 Å². The molecule has 7 nitrogen and oxygen atoms in total. The lowest BCUT2D eigenvalue weighted by molar-refractivity contribution is -0.138. The van der Waals surface area contributed by atoms with Crippen molar-refractivity contribution in [2.45, 2.75) is 39.0 Å². The number of Topliss-reactive ketones (excluding diaryl/α,β-unsaturated/α-hetero) is 1. The zero-order valence-corrected chi connectivity index (χ0v) is 15.4. The van der Waals surface area contributed by atoms with E-state index in [0.717, 1.165) is 24.1 Å². The summed E-state index contributed by atoms with van der Waals surface area (Å²) in [5, 5.41) is 5.24. The summed E-state index contributed by atoms with van der Waals surface area (Å²) in [6, 6.07) is 3.75. The molecule has 0 aliphatic rings. The van der Waals surface area contributed by atoms with Crippen LogP contribution in [0.3, 0.4) is 0 Å². The highest BCUT2D eigenvalue weighted by atomic mass is 32.1. The van der Waals surface area contributed by atoms with Crippen molar-refractivity contribution in [1.29, 1.82) is 0 Å². The number of thiazole rings is 1. The van der Waals surface area contributed by atoms with E-state index in [-0.39, 0.29) is 11.8 Å². The second-order valence-corrected chi connectivity index (χ2v) is 6.91. The molecule has 2 aromatic rings. The molecule has 2 amide bonds. The zero-order chi connectivity index (χ0) is 18.9. The first-order valence-corrected chi connectivity index (χ1v) is 9.34. The highest BCUT2D eigenvalue weighted by Gasteiger charge is 2.17. The Morgan fingerprint density at radius 2 is 2.08 bits per heavy atom. The van der Waals surface area contributed by atoms with E-state index in [2.05, 4.69) is 15.3 Å². The second kappa shape index (κ2) is 9.76. The Morgan fingerprint density at radius 1 is 1.27 bits per heavy atom. The van der Waals surface area contributed by atoms with E-state index in [1.807, 2.05) is 17.5 Å². The van der Waals surface area contributed by atoms with Crippen molar-refractivity contribution in [3.63, 3.8) is 0 Å². The number of hydrogen-bond donors (Lipinski definition) is 2. The van der Waals surface area contributed by atoms with Gasteiger partial charge in [0, 0.05) is 35.7 Å². The number of hydrogen-bond acceptors (Lipinski definition) is 6. The first kappa shape index (κ1) is 19.7. The molecule has 1 unspecified atom stereocenters. The summed E-state index contributed by atoms with van der Waals surface area (Å²) in [5.74, 6) is -1.86. The number of anilines is 1. The molecule has 0 spiro atoms. The summed E-state index contributed by atoms with van der Waals surface area (Å²) in [4.78, 5) is 42.6. The molecule has 0 aromatic carbocycles. The number of carbonyl (C=O) groups excluding carboxylic acids is 3. The SMILES string of the molecule is CC(CCCCCC(=O)Nc1nc(-c2cccnc2)cs1)C(=O)C(N)=O. The molecule has 8 heteroatoms. The quantitative estimate of drug-likeness (QED) is 0.490. The van der Waals surface area contributed by atoms with Crippen molar-refractivity contribution in [2.75, 3.05) is 5.32 Å². The molecule has 0 saturated carbocycles. The number of pyridine rings is 1. The number of nitrogens with one attached hydrogen (secondary N) is 1. The molecule has 1 atom stereocenters. The topological polar surface area (TPSA) is 115 Å². The Kier molecular flexibility index (Phi) is 7.40. The number of aromatic nitrogens is 2. The number of nitrogens with zero attached hydrogens (tertiary/aromatic N) is 2. The predicted molar refractivity (Wildman–Crippen MR) is 100 cm³/mol. The van der Waals surface area contributed by atoms with Gasteiger partial charge in [0.25, 0.3) is 5.91 Å². The van der Waals surface area contributed by atoms with Gasteiger partial charge in [0.05, 0.1) is 5.69 Å². The number of rotatable bonds is 10. The molecule has 26 heavy (non-hydrogen) atoms. The molecule has 3 N–H and O–H groups in total. The Balaban J connectivity index is 1.67. The van der Waals surface area contributed by atoms with E-state index < -0.39 is 11.7 Å². The minimum Gasteiger partial charge on any atom is -0.363 e. The summed E-state index contributed by atoms with van der Waals surface area (Å²) in [7, 11) is 0. The summed E-state index contributed by atoms with van der Waals surface area (Å²) < 4.78 is 0. The number of amides is 2. The Bertz CT molecular complexity index is 761. The van der Waals surface area contributed by atoms with Crippen LogP contribution in [0.2, 0.25) is 0 Å². The third kappa shape index (κ3) is 6.03. The molecule has 0 bridgehead atoms. The molecular formula is C18H22N4O3S. The van der Waals surface area contributed by atoms with Crippen molar-refractivity contribution < 1.29 is 14.4 Å². The van der Waals surface area contributed by atoms with Gasteiger partial charge in [-0.1, -0.05) is 19.8 Å². The fraction of sp³-hybridized carbons (Fsp3) is 0.389. The largest absolute Gasteiger partial charge is 0.363 e. The van der Waals surface area contributed by atoms with Gasteiger partial charge in [-0.3, -0.25) is 19.4 Å². The van der Waals surface area contributed by atoms with Crippen LogP contribution in [0.4, 0.5) is 5.13 Å². The molecule has 0 aliphatic carbocycles. The lowest BCUT2D eigenvalue weighted by Gasteiger charge is -2.07. The lowest BCUT2D eigenvalue weighted by atomic mass is 9.98. The number of nitrogens with two attached hydrogens (primary N) is 1. The van der Waals surface area contributed by atoms with Gasteiger partial charge in [-0.05, 0) is 25.0 Å². The first-order chi connectivity index (χ1) is 12.5. The second-order valence-electron chi connectivity index (χ2n) is 6.06. The van der Waals surface area contributed by atoms with Crippen LogP contribution in [-0.4, -0.2) is 27.6 Å². The van der Waals surface area contributed by atoms with E-state index in [1.54, 1.807) is 19.3 Å². The summed E-state index contributed by atoms with van der Waals surface area (Å²) in [6.45, 7) is 1.70. The van der Waals surface area contributed by atoms with Crippen LogP contribution in [0.5, 0.6) is 0 Å². The predicted octanol–water partition coefficient (Wildman–Crippen LogP) is 2.78. The first-order valence-electron chi connectivity index (χ1n) is 8.47. The van der Waals surface area contributed by atoms with Crippen LogP contribution < -0.4 is 11.1 Å². The fourth-order valence-corrected chi connectivity index (χ4v) is 3.18. The standard InChI is InChI=1S/C18H22N4O3S/c1-12(16(24)17(19)25)6-3-2-4-8-15(23)22-18-21-14(11-26-18)13-7-5-9-20-10-13/h5,7,9-12H,2-4,6,8H2,1H3,(H2,19,25)(H,21,22,23). The van der Waals surface area contributed by atoms with Gasteiger partial charge in [-0.2, -0.15) is 0 Å². The molecule has 0 aliphatic heterocycles. The maximum absolute atomic E-state index is 12.0. The fourth-order valence-electron chi connectivity index (χ4n) is 2.45. The summed E-state index contributed by atoms with van der Waals surface area (Å²) in [5.41, 5.74) is 6.66. The van der Waals surface area contributed by atoms with Gasteiger partial charge in [0.1, 0.15) is 0 Å². The van der Waals surface area contributed by atoms with Crippen LogP contribution in [0.25, 0.3) is 11.3 Å². The Morgan fingerprint density at radius 3 is 2.77 bits per heavy atom. The van der Waals surface area contributed by atoms with Crippen molar-refractivity contribution >= 4 is 34.1 Å². The van der Waals surface area contributed by atoms with Gasteiger partial charge in [0.15, 0.2) is 5.13 Å². The third-order valence-corrected chi connectivity index (χ3v) is 4.70. The maximum Gasteiger partial charge on any atom is 0.285 e. The third-order valence-electron chi connectivity index (χ3n) is 3.94. The normalized spacial score (nSPS) is 11.7. The summed E-state index contributed by atoms with van der Waals surface area (Å²) in [6.07, 6.45) is 6.71. The van der Waals surface area contributed by atoms with Crippen LogP contribution in [0, 0.1) is 5.92 Å². The van der Waals surface area contributed by atoms with Crippen molar-refractivity contribution in [3.05, 3.63) is 29.9 Å². The van der Waals surface area contributed by atoms with Gasteiger partial charge in [-0.15, -0.1) is 11.3 Å². The Labute approximate surface area is 156 Å². The molecule has 2 aromatic heterocycles. The van der Waals surface area contributed by atoms with Gasteiger partial charge >= 0.3 is 0 Å². The van der Waals surface area contributed by atoms with Gasteiger partial charge in [-0.25, -0.2) is 4.98 Å². The minimum atomic E-state index is -0.883. The van der Waals surface area contributed by atoms with E-state index in [1.165, 1.54) is 11.3 Å². The molecular weight excluding hydrogens is 352 g/mol. The number of ketones is 1. The van der Waals surface area contributed by atoms with Crippen LogP contribution in [0.1, 0.15) is 39.0 Å². The van der Waals surface area contributed by atoms with Crippen LogP contribution in [0.15, 0.2) is 29.9 Å². The van der Waals surface area contributed by atoms with E-state index >= 15 is 0 Å². The molecule has 0 fully saturated rings. The number of unbranched alkanes of at least 4 members (excludes halogenated alkanes) is 2. The highest BCUT2D eigenvalue weighted by Crippen LogP contribution is 2.24. The lowest BCUT2D eigenvalue weighted by Crippen LogP contribution is -2.28. The monoisotopic (exact) mass is 374 g/mol. The van der Waals surface area contributed by atoms with E-state index in [4.69, 9.17) is 5.73 Å². The number of primary amides is 1. The molecule has 2 rings (SSSR count). The van der Waals surface area contributed by atoms with Crippen molar-refractivity contribution in [2.24, 2.45) is 11.7 Å². The van der Waals surface area contributed by atoms with Crippen molar-refractivity contribution in [1.82, 2.24) is 9.97 Å². The molecule has 0 saturated heterocycles. The smallest absolute Gasteiger partial charge is 0.285 e. The maximum atomic E-state index is 12.0. The average Bonchev–Trinajstić information content (AvgIpc) is 3.09. The van der Waals surface area contributed by atoms with Crippen molar-refractivity contribution in [3.8, 4) is 11.3 Å². The minimum absolute atomic E-state index is 0.0849. The van der Waals surface area contributed by atoms with Crippen LogP contribution >= 0.6 is 11.3 Å². The molecule has 2 heterocycles. The molecule has 0 radical (unpaired) electrons. The number of carbonyl (C=O) groups is 3. The average molecular weight is 374 g/mol. The van der Waals surface area contributed by atoms with Gasteiger partial charge < -0.3 is 11.1 Å². The van der Waals surface area contributed by atoms with Crippen LogP contribution in [-0.2, 0) is 14.4 Å². The summed E-state index contributed by atoms with van der Waals surface area (Å²) >= 11 is 1.37. The Hall–Kier alpha value is -2.61.